The largest absolute Gasteiger partial charge is 0.397 e. The van der Waals surface area contributed by atoms with E-state index in [0.29, 0.717) is 24.5 Å². The topological polar surface area (TPSA) is 80.4 Å². The van der Waals surface area contributed by atoms with E-state index in [4.69, 9.17) is 5.73 Å². The number of aromatic nitrogens is 1. The lowest BCUT2D eigenvalue weighted by atomic mass is 10.2. The van der Waals surface area contributed by atoms with Gasteiger partial charge in [0, 0.05) is 25.8 Å². The maximum atomic E-state index is 12.3. The van der Waals surface area contributed by atoms with Gasteiger partial charge < -0.3 is 20.5 Å². The van der Waals surface area contributed by atoms with Gasteiger partial charge in [-0.05, 0) is 33.3 Å². The maximum absolute atomic E-state index is 12.3. The minimum Gasteiger partial charge on any atom is -0.397 e. The number of rotatable bonds is 7. The second-order valence-corrected chi connectivity index (χ2v) is 5.06. The first kappa shape index (κ1) is 17.1. The Balaban J connectivity index is 2.79. The number of likely N-dealkylation sites (N-methyl/N-ethyl adjacent to an activating group) is 1. The van der Waals surface area contributed by atoms with E-state index in [1.807, 2.05) is 25.3 Å². The van der Waals surface area contributed by atoms with Gasteiger partial charge in [-0.25, -0.2) is 0 Å². The summed E-state index contributed by atoms with van der Waals surface area (Å²) < 4.78 is 1.82. The summed E-state index contributed by atoms with van der Waals surface area (Å²) in [5.74, 6) is -0.344. The average molecular weight is 294 g/mol. The molecule has 6 heteroatoms. The SMILES string of the molecule is CCCn1cc(N)cc1C(=O)NC(C)C(=O)N(CC)CC. The number of carbonyl (C=O) groups excluding carboxylic acids is 2. The predicted octanol–water partition coefficient (Wildman–Crippen LogP) is 1.47. The summed E-state index contributed by atoms with van der Waals surface area (Å²) in [4.78, 5) is 26.2. The Kier molecular flexibility index (Phi) is 6.27. The van der Waals surface area contributed by atoms with Crippen LogP contribution in [0.15, 0.2) is 12.3 Å². The Hall–Kier alpha value is -1.98. The third-order valence-corrected chi connectivity index (χ3v) is 3.41. The smallest absolute Gasteiger partial charge is 0.268 e. The highest BCUT2D eigenvalue weighted by molar-refractivity contribution is 5.97. The van der Waals surface area contributed by atoms with Gasteiger partial charge in [0.1, 0.15) is 11.7 Å². The summed E-state index contributed by atoms with van der Waals surface area (Å²) in [6.07, 6.45) is 2.65. The number of nitrogen functional groups attached to an aromatic ring is 1. The van der Waals surface area contributed by atoms with Crippen molar-refractivity contribution in [2.75, 3.05) is 18.8 Å². The van der Waals surface area contributed by atoms with Crippen molar-refractivity contribution >= 4 is 17.5 Å². The van der Waals surface area contributed by atoms with Crippen molar-refractivity contribution in [3.63, 3.8) is 0 Å². The molecule has 0 saturated heterocycles. The van der Waals surface area contributed by atoms with Gasteiger partial charge in [0.05, 0.1) is 5.69 Å². The molecule has 0 aromatic carbocycles. The van der Waals surface area contributed by atoms with Crippen molar-refractivity contribution in [1.29, 1.82) is 0 Å². The highest BCUT2D eigenvalue weighted by Gasteiger charge is 2.22. The first-order valence-electron chi connectivity index (χ1n) is 7.49. The zero-order valence-corrected chi connectivity index (χ0v) is 13.3. The molecule has 0 fully saturated rings. The van der Waals surface area contributed by atoms with Gasteiger partial charge in [-0.2, -0.15) is 0 Å². The summed E-state index contributed by atoms with van der Waals surface area (Å²) in [5, 5.41) is 2.75. The summed E-state index contributed by atoms with van der Waals surface area (Å²) in [6.45, 7) is 9.56. The maximum Gasteiger partial charge on any atom is 0.268 e. The molecule has 1 aromatic rings. The van der Waals surface area contributed by atoms with Crippen LogP contribution in [0.1, 0.15) is 44.6 Å². The van der Waals surface area contributed by atoms with Crippen molar-refractivity contribution < 1.29 is 9.59 Å². The first-order valence-corrected chi connectivity index (χ1v) is 7.49. The van der Waals surface area contributed by atoms with Crippen molar-refractivity contribution in [3.8, 4) is 0 Å². The number of amides is 2. The third-order valence-electron chi connectivity index (χ3n) is 3.41. The quantitative estimate of drug-likeness (QED) is 0.799. The van der Waals surface area contributed by atoms with Gasteiger partial charge in [0.2, 0.25) is 5.91 Å². The number of aryl methyl sites for hydroxylation is 1. The molecule has 0 aliphatic heterocycles. The molecule has 0 saturated carbocycles. The number of carbonyl (C=O) groups is 2. The Labute approximate surface area is 126 Å². The summed E-state index contributed by atoms with van der Waals surface area (Å²) in [6, 6.07) is 1.09. The van der Waals surface area contributed by atoms with Crippen LogP contribution in [-0.4, -0.2) is 40.4 Å². The molecule has 2 amide bonds. The minimum atomic E-state index is -0.552. The summed E-state index contributed by atoms with van der Waals surface area (Å²) in [5.41, 5.74) is 6.80. The number of nitrogens with two attached hydrogens (primary N) is 1. The number of nitrogens with zero attached hydrogens (tertiary/aromatic N) is 2. The molecule has 1 heterocycles. The minimum absolute atomic E-state index is 0.0741. The van der Waals surface area contributed by atoms with Crippen LogP contribution in [0, 0.1) is 0 Å². The monoisotopic (exact) mass is 294 g/mol. The number of hydrogen-bond acceptors (Lipinski definition) is 3. The molecule has 1 atom stereocenters. The van der Waals surface area contributed by atoms with E-state index < -0.39 is 6.04 Å². The Morgan fingerprint density at radius 1 is 1.33 bits per heavy atom. The molecule has 0 radical (unpaired) electrons. The van der Waals surface area contributed by atoms with Crippen LogP contribution in [0.3, 0.4) is 0 Å². The molecule has 21 heavy (non-hydrogen) atoms. The van der Waals surface area contributed by atoms with Gasteiger partial charge in [0.15, 0.2) is 0 Å². The molecule has 1 aromatic heterocycles. The van der Waals surface area contributed by atoms with Crippen LogP contribution in [0.4, 0.5) is 5.69 Å². The summed E-state index contributed by atoms with van der Waals surface area (Å²) in [7, 11) is 0. The first-order chi connectivity index (χ1) is 9.94. The lowest BCUT2D eigenvalue weighted by Crippen LogP contribution is -2.47. The van der Waals surface area contributed by atoms with E-state index in [1.165, 1.54) is 0 Å². The van der Waals surface area contributed by atoms with Crippen LogP contribution in [0.25, 0.3) is 0 Å². The van der Waals surface area contributed by atoms with Gasteiger partial charge in [-0.3, -0.25) is 9.59 Å². The fourth-order valence-electron chi connectivity index (χ4n) is 2.29. The highest BCUT2D eigenvalue weighted by atomic mass is 16.2. The third kappa shape index (κ3) is 4.24. The molecular formula is C15H26N4O2. The van der Waals surface area contributed by atoms with E-state index in [9.17, 15) is 9.59 Å². The molecule has 1 rings (SSSR count). The van der Waals surface area contributed by atoms with E-state index in [2.05, 4.69) is 5.32 Å². The van der Waals surface area contributed by atoms with Gasteiger partial charge in [0.25, 0.3) is 5.91 Å². The Bertz CT molecular complexity index is 492. The Morgan fingerprint density at radius 2 is 1.95 bits per heavy atom. The molecule has 0 bridgehead atoms. The van der Waals surface area contributed by atoms with Crippen molar-refractivity contribution in [3.05, 3.63) is 18.0 Å². The van der Waals surface area contributed by atoms with Gasteiger partial charge in [-0.15, -0.1) is 0 Å². The zero-order valence-electron chi connectivity index (χ0n) is 13.3. The average Bonchev–Trinajstić information content (AvgIpc) is 2.81. The number of anilines is 1. The van der Waals surface area contributed by atoms with Crippen LogP contribution in [0.2, 0.25) is 0 Å². The summed E-state index contributed by atoms with van der Waals surface area (Å²) >= 11 is 0. The fourth-order valence-corrected chi connectivity index (χ4v) is 2.29. The van der Waals surface area contributed by atoms with E-state index in [0.717, 1.165) is 13.0 Å². The molecular weight excluding hydrogens is 268 g/mol. The second kappa shape index (κ2) is 7.71. The number of nitrogens with one attached hydrogen (secondary N) is 1. The van der Waals surface area contributed by atoms with Gasteiger partial charge >= 0.3 is 0 Å². The van der Waals surface area contributed by atoms with Crippen LogP contribution >= 0.6 is 0 Å². The van der Waals surface area contributed by atoms with E-state index >= 15 is 0 Å². The molecule has 0 spiro atoms. The van der Waals surface area contributed by atoms with E-state index in [-0.39, 0.29) is 11.8 Å². The van der Waals surface area contributed by atoms with Crippen molar-refractivity contribution in [1.82, 2.24) is 14.8 Å². The normalized spacial score (nSPS) is 12.0. The van der Waals surface area contributed by atoms with Crippen molar-refractivity contribution in [2.24, 2.45) is 0 Å². The Morgan fingerprint density at radius 3 is 2.48 bits per heavy atom. The fraction of sp³-hybridized carbons (Fsp3) is 0.600. The molecule has 0 aliphatic carbocycles. The predicted molar refractivity (Wildman–Crippen MR) is 84.0 cm³/mol. The molecule has 1 unspecified atom stereocenters. The van der Waals surface area contributed by atoms with E-state index in [1.54, 1.807) is 24.1 Å². The lowest BCUT2D eigenvalue weighted by Gasteiger charge is -2.23. The number of hydrogen-bond donors (Lipinski definition) is 2. The molecule has 3 N–H and O–H groups in total. The lowest BCUT2D eigenvalue weighted by molar-refractivity contribution is -0.132. The molecule has 0 aliphatic rings. The molecule has 118 valence electrons. The standard InChI is InChI=1S/C15H26N4O2/c1-5-8-19-10-12(16)9-13(19)14(20)17-11(4)15(21)18(6-2)7-3/h9-11H,5-8,16H2,1-4H3,(H,17,20). The van der Waals surface area contributed by atoms with Gasteiger partial charge in [-0.1, -0.05) is 6.92 Å². The zero-order chi connectivity index (χ0) is 16.0. The molecule has 6 nitrogen and oxygen atoms in total. The highest BCUT2D eigenvalue weighted by Crippen LogP contribution is 2.11. The second-order valence-electron chi connectivity index (χ2n) is 5.06. The van der Waals surface area contributed by atoms with Crippen LogP contribution in [0.5, 0.6) is 0 Å². The van der Waals surface area contributed by atoms with Crippen molar-refractivity contribution in [2.45, 2.75) is 46.7 Å². The van der Waals surface area contributed by atoms with Crippen LogP contribution in [-0.2, 0) is 11.3 Å². The van der Waals surface area contributed by atoms with Crippen LogP contribution < -0.4 is 11.1 Å².